The number of rotatable bonds is 1. The first-order valence-corrected chi connectivity index (χ1v) is 7.56. The van der Waals surface area contributed by atoms with Crippen LogP contribution in [0.4, 0.5) is 5.69 Å². The number of amides is 1. The van der Waals surface area contributed by atoms with Gasteiger partial charge in [0, 0.05) is 17.3 Å². The van der Waals surface area contributed by atoms with Gasteiger partial charge < -0.3 is 4.90 Å². The lowest BCUT2D eigenvalue weighted by molar-refractivity contribution is -0.127. The molecule has 0 bridgehead atoms. The molecule has 19 heavy (non-hydrogen) atoms. The average molecular weight is 278 g/mol. The minimum Gasteiger partial charge on any atom is -0.312 e. The molecule has 0 N–H and O–H groups in total. The minimum atomic E-state index is -0.0833. The fourth-order valence-electron chi connectivity index (χ4n) is 3.79. The molecule has 0 aromatic heterocycles. The van der Waals surface area contributed by atoms with Crippen LogP contribution in [0, 0.1) is 11.3 Å². The van der Waals surface area contributed by atoms with Crippen molar-refractivity contribution in [2.75, 3.05) is 11.4 Å². The van der Waals surface area contributed by atoms with Gasteiger partial charge in [0.15, 0.2) is 0 Å². The molecule has 0 unspecified atom stereocenters. The van der Waals surface area contributed by atoms with Crippen molar-refractivity contribution in [3.63, 3.8) is 0 Å². The Morgan fingerprint density at radius 2 is 2.21 bits per heavy atom. The van der Waals surface area contributed by atoms with E-state index in [0.717, 1.165) is 31.5 Å². The second-order valence-corrected chi connectivity index (χ2v) is 6.60. The summed E-state index contributed by atoms with van der Waals surface area (Å²) in [5, 5.41) is 0.697. The third-order valence-electron chi connectivity index (χ3n) is 4.72. The Morgan fingerprint density at radius 3 is 2.95 bits per heavy atom. The van der Waals surface area contributed by atoms with Crippen LogP contribution in [0.25, 0.3) is 0 Å². The van der Waals surface area contributed by atoms with Crippen LogP contribution in [0.1, 0.15) is 39.0 Å². The van der Waals surface area contributed by atoms with E-state index in [2.05, 4.69) is 6.92 Å². The van der Waals surface area contributed by atoms with Crippen molar-refractivity contribution in [3.05, 3.63) is 29.3 Å². The highest BCUT2D eigenvalue weighted by molar-refractivity contribution is 6.31. The third-order valence-corrected chi connectivity index (χ3v) is 4.96. The van der Waals surface area contributed by atoms with Gasteiger partial charge in [-0.2, -0.15) is 0 Å². The maximum atomic E-state index is 12.8. The molecule has 102 valence electrons. The van der Waals surface area contributed by atoms with Gasteiger partial charge in [-0.15, -0.1) is 0 Å². The molecule has 1 heterocycles. The van der Waals surface area contributed by atoms with Crippen LogP contribution in [0.2, 0.25) is 5.02 Å². The van der Waals surface area contributed by atoms with E-state index in [9.17, 15) is 4.79 Å². The summed E-state index contributed by atoms with van der Waals surface area (Å²) in [6.45, 7) is 3.11. The van der Waals surface area contributed by atoms with Gasteiger partial charge in [-0.3, -0.25) is 4.79 Å². The van der Waals surface area contributed by atoms with E-state index in [1.807, 2.05) is 29.2 Å². The predicted molar refractivity (Wildman–Crippen MR) is 78.5 cm³/mol. The van der Waals surface area contributed by atoms with Crippen LogP contribution in [0.5, 0.6) is 0 Å². The Balaban J connectivity index is 1.86. The molecule has 3 heteroatoms. The van der Waals surface area contributed by atoms with Crippen molar-refractivity contribution >= 4 is 23.2 Å². The largest absolute Gasteiger partial charge is 0.312 e. The van der Waals surface area contributed by atoms with Crippen LogP contribution in [0.3, 0.4) is 0 Å². The second-order valence-electron chi connectivity index (χ2n) is 6.17. The quantitative estimate of drug-likeness (QED) is 0.750. The van der Waals surface area contributed by atoms with Gasteiger partial charge in [0.1, 0.15) is 0 Å². The summed E-state index contributed by atoms with van der Waals surface area (Å²) >= 11 is 6.03. The van der Waals surface area contributed by atoms with Crippen molar-refractivity contribution in [2.45, 2.75) is 39.0 Å². The van der Waals surface area contributed by atoms with Gasteiger partial charge in [-0.25, -0.2) is 0 Å². The molecular weight excluding hydrogens is 258 g/mol. The van der Waals surface area contributed by atoms with Crippen molar-refractivity contribution < 1.29 is 4.79 Å². The number of nitrogens with zero attached hydrogens (tertiary/aromatic N) is 1. The summed E-state index contributed by atoms with van der Waals surface area (Å²) in [6.07, 6.45) is 5.58. The molecule has 1 aliphatic heterocycles. The zero-order chi connectivity index (χ0) is 13.5. The first-order chi connectivity index (χ1) is 9.11. The third kappa shape index (κ3) is 2.27. The first-order valence-electron chi connectivity index (χ1n) is 7.18. The lowest BCUT2D eigenvalue weighted by Crippen LogP contribution is -2.37. The van der Waals surface area contributed by atoms with E-state index in [1.54, 1.807) is 0 Å². The van der Waals surface area contributed by atoms with Gasteiger partial charge in [-0.05, 0) is 43.4 Å². The zero-order valence-electron chi connectivity index (χ0n) is 11.4. The molecule has 2 aliphatic rings. The predicted octanol–water partition coefficient (Wildman–Crippen LogP) is 4.27. The Kier molecular flexibility index (Phi) is 3.30. The maximum absolute atomic E-state index is 12.8. The van der Waals surface area contributed by atoms with Crippen LogP contribution in [0.15, 0.2) is 24.3 Å². The number of hydrogen-bond donors (Lipinski definition) is 0. The molecule has 0 radical (unpaired) electrons. The number of hydrogen-bond acceptors (Lipinski definition) is 1. The van der Waals surface area contributed by atoms with E-state index in [0.29, 0.717) is 16.8 Å². The van der Waals surface area contributed by atoms with E-state index >= 15 is 0 Å². The van der Waals surface area contributed by atoms with E-state index in [-0.39, 0.29) is 5.41 Å². The Morgan fingerprint density at radius 1 is 1.37 bits per heavy atom. The number of carbonyl (C=O) groups excluding carboxylic acids is 1. The Hall–Kier alpha value is -1.02. The lowest BCUT2D eigenvalue weighted by Gasteiger charge is -2.35. The summed E-state index contributed by atoms with van der Waals surface area (Å²) in [5.41, 5.74) is 0.868. The Bertz CT molecular complexity index is 501. The topological polar surface area (TPSA) is 20.3 Å². The van der Waals surface area contributed by atoms with Crippen LogP contribution in [-0.4, -0.2) is 12.5 Å². The highest BCUT2D eigenvalue weighted by Crippen LogP contribution is 2.47. The zero-order valence-corrected chi connectivity index (χ0v) is 12.1. The SMILES string of the molecule is C[C@H]1CCC[C@]2(CCN(c3cccc(Cl)c3)C2=O)C1. The van der Waals surface area contributed by atoms with Crippen LogP contribution in [-0.2, 0) is 4.79 Å². The summed E-state index contributed by atoms with van der Waals surface area (Å²) in [5.74, 6) is 0.998. The molecule has 1 saturated heterocycles. The maximum Gasteiger partial charge on any atom is 0.233 e. The molecule has 2 fully saturated rings. The standard InChI is InChI=1S/C16H20ClNO/c1-12-4-3-7-16(11-12)8-9-18(15(16)19)14-6-2-5-13(17)10-14/h2,5-6,10,12H,3-4,7-9,11H2,1H3/t12-,16-/m0/s1. The molecule has 1 saturated carbocycles. The van der Waals surface area contributed by atoms with E-state index in [1.165, 1.54) is 12.8 Å². The molecule has 1 spiro atoms. The Labute approximate surface area is 119 Å². The second kappa shape index (κ2) is 4.82. The lowest BCUT2D eigenvalue weighted by atomic mass is 9.69. The number of anilines is 1. The van der Waals surface area contributed by atoms with Gasteiger partial charge in [-0.1, -0.05) is 37.4 Å². The highest BCUT2D eigenvalue weighted by atomic mass is 35.5. The molecule has 1 aromatic carbocycles. The fourth-order valence-corrected chi connectivity index (χ4v) is 3.98. The molecule has 1 aromatic rings. The highest BCUT2D eigenvalue weighted by Gasteiger charge is 2.48. The summed E-state index contributed by atoms with van der Waals surface area (Å²) in [7, 11) is 0. The monoisotopic (exact) mass is 277 g/mol. The smallest absolute Gasteiger partial charge is 0.233 e. The molecule has 2 nitrogen and oxygen atoms in total. The van der Waals surface area contributed by atoms with Crippen molar-refractivity contribution in [3.8, 4) is 0 Å². The van der Waals surface area contributed by atoms with Crippen LogP contribution < -0.4 is 4.90 Å². The van der Waals surface area contributed by atoms with Gasteiger partial charge in [0.05, 0.1) is 5.41 Å². The van der Waals surface area contributed by atoms with Gasteiger partial charge in [0.25, 0.3) is 0 Å². The molecule has 3 rings (SSSR count). The molecule has 2 atom stereocenters. The normalized spacial score (nSPS) is 31.2. The van der Waals surface area contributed by atoms with E-state index < -0.39 is 0 Å². The summed E-state index contributed by atoms with van der Waals surface area (Å²) in [4.78, 5) is 14.8. The molecule has 1 aliphatic carbocycles. The molecular formula is C16H20ClNO. The minimum absolute atomic E-state index is 0.0833. The number of benzene rings is 1. The van der Waals surface area contributed by atoms with E-state index in [4.69, 9.17) is 11.6 Å². The fraction of sp³-hybridized carbons (Fsp3) is 0.562. The first kappa shape index (κ1) is 13.0. The number of halogens is 1. The number of carbonyl (C=O) groups is 1. The van der Waals surface area contributed by atoms with Gasteiger partial charge >= 0.3 is 0 Å². The van der Waals surface area contributed by atoms with Crippen molar-refractivity contribution in [1.82, 2.24) is 0 Å². The summed E-state index contributed by atoms with van der Waals surface area (Å²) in [6, 6.07) is 7.64. The summed E-state index contributed by atoms with van der Waals surface area (Å²) < 4.78 is 0. The van der Waals surface area contributed by atoms with Crippen molar-refractivity contribution in [2.24, 2.45) is 11.3 Å². The van der Waals surface area contributed by atoms with Crippen LogP contribution >= 0.6 is 11.6 Å². The van der Waals surface area contributed by atoms with Crippen molar-refractivity contribution in [1.29, 1.82) is 0 Å². The van der Waals surface area contributed by atoms with Gasteiger partial charge in [0.2, 0.25) is 5.91 Å². The molecule has 1 amide bonds. The average Bonchev–Trinajstić information content (AvgIpc) is 2.67.